The first-order valence-corrected chi connectivity index (χ1v) is 4.57. The van der Waals surface area contributed by atoms with Crippen LogP contribution < -0.4 is 9.47 Å². The molecule has 0 spiro atoms. The Morgan fingerprint density at radius 1 is 1.40 bits per heavy atom. The fourth-order valence-corrected chi connectivity index (χ4v) is 1.52. The summed E-state index contributed by atoms with van der Waals surface area (Å²) in [5.74, 6) is -2.04. The van der Waals surface area contributed by atoms with Gasteiger partial charge in [-0.1, -0.05) is 0 Å². The topological polar surface area (TPSA) is 31.4 Å². The molecule has 0 aliphatic heterocycles. The van der Waals surface area contributed by atoms with Gasteiger partial charge < -0.3 is 9.47 Å². The fourth-order valence-electron chi connectivity index (χ4n) is 0.805. The second-order valence-corrected chi connectivity index (χ2v) is 3.34. The van der Waals surface area contributed by atoms with Crippen molar-refractivity contribution < 1.29 is 27.0 Å². The number of nitrogens with zero attached hydrogens (tertiary/aromatic N) is 1. The number of aromatic nitrogens is 1. The third-order valence-electron chi connectivity index (χ3n) is 1.29. The lowest BCUT2D eigenvalue weighted by Gasteiger charge is -2.10. The number of alkyl halides is 3. The van der Waals surface area contributed by atoms with E-state index in [2.05, 4.69) is 14.5 Å². The van der Waals surface area contributed by atoms with Crippen LogP contribution >= 0.6 is 22.6 Å². The Kier molecular flexibility index (Phi) is 3.58. The summed E-state index contributed by atoms with van der Waals surface area (Å²) in [4.78, 5) is 3.37. The summed E-state index contributed by atoms with van der Waals surface area (Å²) in [6.45, 7) is 0. The van der Waals surface area contributed by atoms with Gasteiger partial charge in [0.05, 0.1) is 7.11 Å². The molecule has 84 valence electrons. The van der Waals surface area contributed by atoms with Gasteiger partial charge in [0.15, 0.2) is 11.6 Å². The SMILES string of the molecule is COc1c(F)cc(OC(F)(F)F)nc1I. The molecule has 15 heavy (non-hydrogen) atoms. The average Bonchev–Trinajstić information content (AvgIpc) is 1.99. The fraction of sp³-hybridized carbons (Fsp3) is 0.286. The largest absolute Gasteiger partial charge is 0.574 e. The number of methoxy groups -OCH3 is 1. The summed E-state index contributed by atoms with van der Waals surface area (Å²) < 4.78 is 56.4. The standard InChI is InChI=1S/C7H4F4INO2/c1-14-5-3(8)2-4(13-6(5)12)15-7(9,10)11/h2H,1H3. The molecule has 1 aromatic rings. The summed E-state index contributed by atoms with van der Waals surface area (Å²) in [6.07, 6.45) is -4.89. The smallest absolute Gasteiger partial charge is 0.491 e. The molecule has 0 aliphatic rings. The van der Waals surface area contributed by atoms with E-state index < -0.39 is 18.1 Å². The minimum atomic E-state index is -4.89. The molecule has 1 aromatic heterocycles. The number of ether oxygens (including phenoxy) is 2. The van der Waals surface area contributed by atoms with Crippen LogP contribution in [0.5, 0.6) is 11.6 Å². The average molecular weight is 337 g/mol. The summed E-state index contributed by atoms with van der Waals surface area (Å²) in [7, 11) is 1.19. The maximum Gasteiger partial charge on any atom is 0.574 e. The number of rotatable bonds is 2. The van der Waals surface area contributed by atoms with Gasteiger partial charge in [-0.25, -0.2) is 9.37 Å². The van der Waals surface area contributed by atoms with E-state index in [1.807, 2.05) is 0 Å². The Balaban J connectivity index is 3.04. The molecule has 1 heterocycles. The van der Waals surface area contributed by atoms with Crippen LogP contribution in [0.4, 0.5) is 17.6 Å². The number of halogens is 5. The monoisotopic (exact) mass is 337 g/mol. The Bertz CT molecular complexity index is 345. The predicted molar refractivity (Wildman–Crippen MR) is 50.1 cm³/mol. The molecule has 0 atom stereocenters. The van der Waals surface area contributed by atoms with Gasteiger partial charge in [0.2, 0.25) is 5.88 Å². The van der Waals surface area contributed by atoms with Gasteiger partial charge in [-0.2, -0.15) is 0 Å². The minimum absolute atomic E-state index is 0.0469. The Hall–Kier alpha value is -0.800. The van der Waals surface area contributed by atoms with Crippen molar-refractivity contribution in [1.82, 2.24) is 4.98 Å². The van der Waals surface area contributed by atoms with Crippen LogP contribution in [-0.4, -0.2) is 18.5 Å². The van der Waals surface area contributed by atoms with Crippen molar-refractivity contribution in [1.29, 1.82) is 0 Å². The van der Waals surface area contributed by atoms with E-state index in [0.717, 1.165) is 0 Å². The van der Waals surface area contributed by atoms with Crippen molar-refractivity contribution in [3.05, 3.63) is 15.6 Å². The molecule has 3 nitrogen and oxygen atoms in total. The predicted octanol–water partition coefficient (Wildman–Crippen LogP) is 2.73. The molecule has 0 unspecified atom stereocenters. The van der Waals surface area contributed by atoms with Crippen LogP contribution in [0.3, 0.4) is 0 Å². The van der Waals surface area contributed by atoms with Crippen LogP contribution in [-0.2, 0) is 0 Å². The van der Waals surface area contributed by atoms with Crippen LogP contribution in [0.2, 0.25) is 0 Å². The zero-order valence-corrected chi connectivity index (χ0v) is 9.39. The lowest BCUT2D eigenvalue weighted by atomic mass is 10.4. The van der Waals surface area contributed by atoms with Crippen molar-refractivity contribution in [2.24, 2.45) is 0 Å². The Morgan fingerprint density at radius 3 is 2.40 bits per heavy atom. The van der Waals surface area contributed by atoms with Crippen LogP contribution in [0.15, 0.2) is 6.07 Å². The number of hydrogen-bond donors (Lipinski definition) is 0. The van der Waals surface area contributed by atoms with Gasteiger partial charge in [-0.3, -0.25) is 0 Å². The van der Waals surface area contributed by atoms with Gasteiger partial charge in [0, 0.05) is 6.07 Å². The third-order valence-corrected chi connectivity index (χ3v) is 2.02. The molecule has 0 radical (unpaired) electrons. The summed E-state index contributed by atoms with van der Waals surface area (Å²) in [5.41, 5.74) is 0. The van der Waals surface area contributed by atoms with E-state index in [9.17, 15) is 17.6 Å². The van der Waals surface area contributed by atoms with Gasteiger partial charge in [-0.15, -0.1) is 13.2 Å². The van der Waals surface area contributed by atoms with E-state index in [0.29, 0.717) is 6.07 Å². The molecule has 0 saturated heterocycles. The highest BCUT2D eigenvalue weighted by atomic mass is 127. The third kappa shape index (κ3) is 3.36. The molecule has 0 aromatic carbocycles. The van der Waals surface area contributed by atoms with Crippen LogP contribution in [0, 0.1) is 9.52 Å². The Labute approximate surface area is 95.5 Å². The summed E-state index contributed by atoms with van der Waals surface area (Å²) in [5, 5.41) is 0. The molecule has 0 saturated carbocycles. The van der Waals surface area contributed by atoms with Crippen molar-refractivity contribution >= 4 is 22.6 Å². The van der Waals surface area contributed by atoms with Gasteiger partial charge in [-0.05, 0) is 22.6 Å². The van der Waals surface area contributed by atoms with E-state index in [1.54, 1.807) is 0 Å². The van der Waals surface area contributed by atoms with E-state index in [1.165, 1.54) is 29.7 Å². The van der Waals surface area contributed by atoms with Gasteiger partial charge in [0.25, 0.3) is 0 Å². The number of hydrogen-bond acceptors (Lipinski definition) is 3. The molecule has 0 N–H and O–H groups in total. The molecule has 0 bridgehead atoms. The maximum absolute atomic E-state index is 13.1. The normalized spacial score (nSPS) is 11.3. The second kappa shape index (κ2) is 4.37. The molecule has 8 heteroatoms. The Morgan fingerprint density at radius 2 is 2.00 bits per heavy atom. The molecule has 0 aliphatic carbocycles. The van der Waals surface area contributed by atoms with Crippen LogP contribution in [0.1, 0.15) is 0 Å². The summed E-state index contributed by atoms with van der Waals surface area (Å²) in [6, 6.07) is 0.508. The molecular weight excluding hydrogens is 333 g/mol. The van der Waals surface area contributed by atoms with E-state index in [4.69, 9.17) is 0 Å². The molecule has 0 amide bonds. The maximum atomic E-state index is 13.1. The highest BCUT2D eigenvalue weighted by molar-refractivity contribution is 14.1. The van der Waals surface area contributed by atoms with Crippen molar-refractivity contribution in [3.8, 4) is 11.6 Å². The zero-order chi connectivity index (χ0) is 11.6. The first-order valence-electron chi connectivity index (χ1n) is 3.49. The van der Waals surface area contributed by atoms with E-state index >= 15 is 0 Å². The highest BCUT2D eigenvalue weighted by Crippen LogP contribution is 2.28. The lowest BCUT2D eigenvalue weighted by Crippen LogP contribution is -2.18. The molecule has 0 fully saturated rings. The lowest BCUT2D eigenvalue weighted by molar-refractivity contribution is -0.276. The van der Waals surface area contributed by atoms with Crippen molar-refractivity contribution in [3.63, 3.8) is 0 Å². The zero-order valence-electron chi connectivity index (χ0n) is 7.23. The first-order chi connectivity index (χ1) is 6.83. The van der Waals surface area contributed by atoms with Crippen LogP contribution in [0.25, 0.3) is 0 Å². The van der Waals surface area contributed by atoms with Gasteiger partial charge >= 0.3 is 6.36 Å². The van der Waals surface area contributed by atoms with Crippen molar-refractivity contribution in [2.75, 3.05) is 7.11 Å². The van der Waals surface area contributed by atoms with Crippen molar-refractivity contribution in [2.45, 2.75) is 6.36 Å². The quantitative estimate of drug-likeness (QED) is 0.473. The van der Waals surface area contributed by atoms with E-state index in [-0.39, 0.29) is 9.45 Å². The first kappa shape index (κ1) is 12.3. The molecule has 1 rings (SSSR count). The minimum Gasteiger partial charge on any atom is -0.491 e. The highest BCUT2D eigenvalue weighted by Gasteiger charge is 2.32. The molecular formula is C7H4F4INO2. The second-order valence-electron chi connectivity index (χ2n) is 2.31. The summed E-state index contributed by atoms with van der Waals surface area (Å²) >= 11 is 1.54. The van der Waals surface area contributed by atoms with Gasteiger partial charge in [0.1, 0.15) is 3.70 Å². The number of pyridine rings is 1.